The quantitative estimate of drug-likeness (QED) is 0.655. The molecule has 1 amide bonds. The summed E-state index contributed by atoms with van der Waals surface area (Å²) in [5.41, 5.74) is 2.58. The molecule has 6 nitrogen and oxygen atoms in total. The first kappa shape index (κ1) is 23.4. The van der Waals surface area contributed by atoms with Crippen molar-refractivity contribution in [3.63, 3.8) is 0 Å². The molecular formula is C18H29ClN2O4. The van der Waals surface area contributed by atoms with E-state index in [1.807, 2.05) is 51.0 Å². The van der Waals surface area contributed by atoms with Crippen molar-refractivity contribution in [2.45, 2.75) is 26.8 Å². The summed E-state index contributed by atoms with van der Waals surface area (Å²) in [4.78, 5) is 28.4. The number of hydrogen-bond acceptors (Lipinski definition) is 5. The molecule has 0 radical (unpaired) electrons. The van der Waals surface area contributed by atoms with Gasteiger partial charge in [0.2, 0.25) is 0 Å². The summed E-state index contributed by atoms with van der Waals surface area (Å²) in [5, 5.41) is 0. The van der Waals surface area contributed by atoms with Gasteiger partial charge in [-0.05, 0) is 46.0 Å². The van der Waals surface area contributed by atoms with Crippen LogP contribution < -0.4 is 4.90 Å². The minimum absolute atomic E-state index is 0. The second-order valence-corrected chi connectivity index (χ2v) is 6.08. The Morgan fingerprint density at radius 2 is 1.72 bits per heavy atom. The minimum Gasteiger partial charge on any atom is -0.463 e. The Labute approximate surface area is 156 Å². The van der Waals surface area contributed by atoms with Crippen LogP contribution >= 0.6 is 12.4 Å². The van der Waals surface area contributed by atoms with Crippen LogP contribution in [0.5, 0.6) is 0 Å². The fourth-order valence-electron chi connectivity index (χ4n) is 2.47. The highest BCUT2D eigenvalue weighted by Gasteiger charge is 2.30. The number of hydrogen-bond donors (Lipinski definition) is 0. The van der Waals surface area contributed by atoms with Crippen LogP contribution in [-0.4, -0.2) is 63.8 Å². The summed E-state index contributed by atoms with van der Waals surface area (Å²) in [6.45, 7) is 6.34. The topological polar surface area (TPSA) is 59.1 Å². The number of benzene rings is 1. The van der Waals surface area contributed by atoms with Gasteiger partial charge in [-0.2, -0.15) is 0 Å². The van der Waals surface area contributed by atoms with E-state index in [0.29, 0.717) is 6.54 Å². The first-order chi connectivity index (χ1) is 11.3. The molecule has 1 aromatic carbocycles. The number of likely N-dealkylation sites (N-methyl/N-ethyl adjacent to an activating group) is 1. The van der Waals surface area contributed by atoms with Gasteiger partial charge in [0, 0.05) is 13.7 Å². The van der Waals surface area contributed by atoms with E-state index in [4.69, 9.17) is 9.47 Å². The third-order valence-corrected chi connectivity index (χ3v) is 3.73. The average Bonchev–Trinajstić information content (AvgIpc) is 2.50. The Bertz CT molecular complexity index is 558. The van der Waals surface area contributed by atoms with Crippen LogP contribution in [0.3, 0.4) is 0 Å². The number of anilines is 1. The molecule has 0 aromatic heterocycles. The number of amides is 1. The first-order valence-electron chi connectivity index (χ1n) is 7.98. The molecule has 0 heterocycles. The van der Waals surface area contributed by atoms with Crippen LogP contribution in [0.2, 0.25) is 0 Å². The number of esters is 1. The number of halogens is 1. The van der Waals surface area contributed by atoms with Crippen LogP contribution in [0, 0.1) is 13.8 Å². The van der Waals surface area contributed by atoms with Crippen LogP contribution in [-0.2, 0) is 19.1 Å². The molecule has 0 N–H and O–H groups in total. The maximum Gasteiger partial charge on any atom is 0.329 e. The lowest BCUT2D eigenvalue weighted by atomic mass is 10.1. The van der Waals surface area contributed by atoms with Crippen LogP contribution in [0.25, 0.3) is 0 Å². The zero-order chi connectivity index (χ0) is 18.3. The van der Waals surface area contributed by atoms with Gasteiger partial charge in [0.25, 0.3) is 5.91 Å². The Morgan fingerprint density at radius 3 is 2.20 bits per heavy atom. The zero-order valence-electron chi connectivity index (χ0n) is 15.9. The van der Waals surface area contributed by atoms with Gasteiger partial charge < -0.3 is 14.4 Å². The molecule has 0 fully saturated rings. The predicted molar refractivity (Wildman–Crippen MR) is 102 cm³/mol. The van der Waals surface area contributed by atoms with E-state index in [2.05, 4.69) is 0 Å². The molecule has 0 aliphatic carbocycles. The summed E-state index contributed by atoms with van der Waals surface area (Å²) in [6, 6.07) is 5.03. The lowest BCUT2D eigenvalue weighted by Crippen LogP contribution is -2.46. The molecule has 1 aromatic rings. The summed E-state index contributed by atoms with van der Waals surface area (Å²) < 4.78 is 10.3. The lowest BCUT2D eigenvalue weighted by Gasteiger charge is -2.30. The normalized spacial score (nSPS) is 11.6. The minimum atomic E-state index is -0.727. The molecule has 0 aliphatic rings. The third kappa shape index (κ3) is 6.65. The largest absolute Gasteiger partial charge is 0.463 e. The van der Waals surface area contributed by atoms with E-state index in [1.54, 1.807) is 6.92 Å². The average molecular weight is 373 g/mol. The van der Waals surface area contributed by atoms with Gasteiger partial charge in [-0.15, -0.1) is 12.4 Å². The van der Waals surface area contributed by atoms with Crippen molar-refractivity contribution >= 4 is 30.0 Å². The van der Waals surface area contributed by atoms with Gasteiger partial charge in [0.05, 0.1) is 5.69 Å². The van der Waals surface area contributed by atoms with Crippen molar-refractivity contribution in [1.82, 2.24) is 4.90 Å². The smallest absolute Gasteiger partial charge is 0.329 e. The van der Waals surface area contributed by atoms with Gasteiger partial charge in [-0.3, -0.25) is 9.69 Å². The number of methoxy groups -OCH3 is 1. The SMILES string of the molecule is COCC(=O)N(c1c(C)cccc1C)C(C)C(=O)OCCN(C)C.Cl. The van der Waals surface area contributed by atoms with Crippen LogP contribution in [0.15, 0.2) is 18.2 Å². The van der Waals surface area contributed by atoms with Crippen LogP contribution in [0.1, 0.15) is 18.1 Å². The van der Waals surface area contributed by atoms with E-state index < -0.39 is 12.0 Å². The summed E-state index contributed by atoms with van der Waals surface area (Å²) in [6.07, 6.45) is 0. The van der Waals surface area contributed by atoms with Gasteiger partial charge in [0.1, 0.15) is 19.3 Å². The fraction of sp³-hybridized carbons (Fsp3) is 0.556. The van der Waals surface area contributed by atoms with Gasteiger partial charge in [-0.25, -0.2) is 4.79 Å². The van der Waals surface area contributed by atoms with Crippen molar-refractivity contribution in [1.29, 1.82) is 0 Å². The molecule has 0 spiro atoms. The number of carbonyl (C=O) groups excluding carboxylic acids is 2. The number of carbonyl (C=O) groups is 2. The second kappa shape index (κ2) is 11.1. The maximum atomic E-state index is 12.6. The number of rotatable bonds is 8. The first-order valence-corrected chi connectivity index (χ1v) is 7.98. The molecule has 0 saturated heterocycles. The molecule has 0 saturated carbocycles. The Morgan fingerprint density at radius 1 is 1.16 bits per heavy atom. The molecule has 0 aliphatic heterocycles. The van der Waals surface area contributed by atoms with E-state index in [9.17, 15) is 9.59 Å². The van der Waals surface area contributed by atoms with E-state index in [0.717, 1.165) is 16.8 Å². The number of nitrogens with zero attached hydrogens (tertiary/aromatic N) is 2. The molecule has 25 heavy (non-hydrogen) atoms. The summed E-state index contributed by atoms with van der Waals surface area (Å²) in [7, 11) is 5.27. The van der Waals surface area contributed by atoms with Crippen molar-refractivity contribution in [3.8, 4) is 0 Å². The molecule has 1 unspecified atom stereocenters. The summed E-state index contributed by atoms with van der Waals surface area (Å²) >= 11 is 0. The standard InChI is InChI=1S/C18H28N2O4.ClH/c1-13-8-7-9-14(2)17(13)20(16(21)12-23-6)15(3)18(22)24-11-10-19(4)5;/h7-9,15H,10-12H2,1-6H3;1H. The molecule has 142 valence electrons. The highest BCUT2D eigenvalue weighted by atomic mass is 35.5. The second-order valence-electron chi connectivity index (χ2n) is 6.08. The Kier molecular flexibility index (Phi) is 10.4. The number of aryl methyl sites for hydroxylation is 2. The summed E-state index contributed by atoms with van der Waals surface area (Å²) in [5.74, 6) is -0.698. The van der Waals surface area contributed by atoms with Crippen molar-refractivity contribution in [2.75, 3.05) is 45.9 Å². The van der Waals surface area contributed by atoms with E-state index in [1.165, 1.54) is 12.0 Å². The number of para-hydroxylation sites is 1. The molecule has 0 bridgehead atoms. The maximum absolute atomic E-state index is 12.6. The van der Waals surface area contributed by atoms with Crippen molar-refractivity contribution in [3.05, 3.63) is 29.3 Å². The van der Waals surface area contributed by atoms with E-state index >= 15 is 0 Å². The molecule has 1 rings (SSSR count). The van der Waals surface area contributed by atoms with Crippen molar-refractivity contribution < 1.29 is 19.1 Å². The zero-order valence-corrected chi connectivity index (χ0v) is 16.7. The predicted octanol–water partition coefficient (Wildman–Crippen LogP) is 2.20. The molecule has 7 heteroatoms. The van der Waals surface area contributed by atoms with Gasteiger partial charge >= 0.3 is 5.97 Å². The fourth-order valence-corrected chi connectivity index (χ4v) is 2.47. The highest BCUT2D eigenvalue weighted by molar-refractivity contribution is 6.01. The van der Waals surface area contributed by atoms with Gasteiger partial charge in [0.15, 0.2) is 0 Å². The highest BCUT2D eigenvalue weighted by Crippen LogP contribution is 2.27. The third-order valence-electron chi connectivity index (χ3n) is 3.73. The number of ether oxygens (including phenoxy) is 2. The molecular weight excluding hydrogens is 344 g/mol. The lowest BCUT2D eigenvalue weighted by molar-refractivity contribution is -0.146. The monoisotopic (exact) mass is 372 g/mol. The van der Waals surface area contributed by atoms with Crippen LogP contribution in [0.4, 0.5) is 5.69 Å². The van der Waals surface area contributed by atoms with E-state index in [-0.39, 0.29) is 31.5 Å². The Hall–Kier alpha value is -1.63. The van der Waals surface area contributed by atoms with Crippen molar-refractivity contribution in [2.24, 2.45) is 0 Å². The molecule has 1 atom stereocenters. The van der Waals surface area contributed by atoms with Gasteiger partial charge in [-0.1, -0.05) is 18.2 Å². The Balaban J connectivity index is 0.00000576.